The lowest BCUT2D eigenvalue weighted by Crippen LogP contribution is -2.22. The highest BCUT2D eigenvalue weighted by Crippen LogP contribution is 2.34. The number of nitrogens with one attached hydrogen (secondary N) is 2. The zero-order chi connectivity index (χ0) is 31.7. The number of anilines is 1. The summed E-state index contributed by atoms with van der Waals surface area (Å²) in [7, 11) is 3.06. The van der Waals surface area contributed by atoms with Crippen molar-refractivity contribution in [3.8, 4) is 11.5 Å². The summed E-state index contributed by atoms with van der Waals surface area (Å²) in [5.41, 5.74) is 4.18. The van der Waals surface area contributed by atoms with Crippen LogP contribution in [0.4, 0.5) is 10.1 Å². The summed E-state index contributed by atoms with van der Waals surface area (Å²) in [5, 5.41) is 25.3. The Hall–Kier alpha value is -4.01. The highest BCUT2D eigenvalue weighted by molar-refractivity contribution is 7.98. The van der Waals surface area contributed by atoms with Gasteiger partial charge in [0.2, 0.25) is 0 Å². The first-order valence-electron chi connectivity index (χ1n) is 13.6. The molecular formula is C31H36FN3O8S. The molecule has 0 radical (unpaired) electrons. The fourth-order valence-corrected chi connectivity index (χ4v) is 4.63. The predicted octanol–water partition coefficient (Wildman–Crippen LogP) is 3.48. The van der Waals surface area contributed by atoms with Crippen molar-refractivity contribution in [2.75, 3.05) is 58.3 Å². The molecule has 236 valence electrons. The Labute approximate surface area is 259 Å². The van der Waals surface area contributed by atoms with Crippen molar-refractivity contribution in [3.05, 3.63) is 88.7 Å². The minimum absolute atomic E-state index is 0.0333. The number of carbonyl (C=O) groups is 2. The number of aliphatic hydroxyl groups excluding tert-OH is 2. The maximum absolute atomic E-state index is 13.5. The van der Waals surface area contributed by atoms with Crippen molar-refractivity contribution in [2.24, 2.45) is 5.10 Å². The lowest BCUT2D eigenvalue weighted by atomic mass is 10.1. The third-order valence-electron chi connectivity index (χ3n) is 5.87. The molecule has 0 spiro atoms. The van der Waals surface area contributed by atoms with E-state index in [0.717, 1.165) is 5.56 Å². The van der Waals surface area contributed by atoms with E-state index in [2.05, 4.69) is 15.8 Å². The van der Waals surface area contributed by atoms with E-state index >= 15 is 0 Å². The lowest BCUT2D eigenvalue weighted by molar-refractivity contribution is 0.0955. The standard InChI is InChI=1S/C31H36FN3O8S/c1-40-9-11-42-28-15-26(31(39)35-33-17-21-5-4-8-24(32)14-21)27(16-29(28)43-12-10-41-2)34-30(38)23-7-3-6-22(13-23)19-44-20-25(37)18-36/h3-8,13-17,25,36-37H,9-12,18-20H2,1-2H3,(H,34,38)(H,35,39)/b33-17+. The normalized spacial score (nSPS) is 11.8. The average Bonchev–Trinajstić information content (AvgIpc) is 3.02. The van der Waals surface area contributed by atoms with E-state index in [9.17, 15) is 19.1 Å². The van der Waals surface area contributed by atoms with Gasteiger partial charge in [0.15, 0.2) is 11.5 Å². The van der Waals surface area contributed by atoms with Crippen LogP contribution in [-0.4, -0.2) is 87.4 Å². The van der Waals surface area contributed by atoms with E-state index in [1.807, 2.05) is 6.07 Å². The molecular weight excluding hydrogens is 593 g/mol. The van der Waals surface area contributed by atoms with Gasteiger partial charge in [-0.05, 0) is 41.5 Å². The van der Waals surface area contributed by atoms with Gasteiger partial charge in [0.05, 0.1) is 43.4 Å². The van der Waals surface area contributed by atoms with Gasteiger partial charge < -0.3 is 34.5 Å². The largest absolute Gasteiger partial charge is 0.487 e. The first kappa shape index (κ1) is 34.5. The number of methoxy groups -OCH3 is 2. The molecule has 13 heteroatoms. The molecule has 3 rings (SSSR count). The zero-order valence-electron chi connectivity index (χ0n) is 24.5. The molecule has 2 amide bonds. The molecule has 1 unspecified atom stereocenters. The number of nitrogens with zero attached hydrogens (tertiary/aromatic N) is 1. The number of rotatable bonds is 18. The molecule has 4 N–H and O–H groups in total. The molecule has 0 fully saturated rings. The maximum Gasteiger partial charge on any atom is 0.273 e. The molecule has 0 aliphatic rings. The highest BCUT2D eigenvalue weighted by Gasteiger charge is 2.20. The van der Waals surface area contributed by atoms with E-state index < -0.39 is 23.7 Å². The number of hydrazone groups is 1. The summed E-state index contributed by atoms with van der Waals surface area (Å²) < 4.78 is 35.3. The molecule has 0 bridgehead atoms. The Morgan fingerprint density at radius 2 is 1.66 bits per heavy atom. The molecule has 1 atom stereocenters. The number of benzene rings is 3. The van der Waals surface area contributed by atoms with Crippen LogP contribution in [-0.2, 0) is 15.2 Å². The number of carbonyl (C=O) groups excluding carboxylic acids is 2. The van der Waals surface area contributed by atoms with Crippen LogP contribution in [0.25, 0.3) is 0 Å². The van der Waals surface area contributed by atoms with Crippen molar-refractivity contribution in [1.82, 2.24) is 5.43 Å². The second kappa shape index (κ2) is 18.6. The average molecular weight is 630 g/mol. The summed E-state index contributed by atoms with van der Waals surface area (Å²) in [4.78, 5) is 26.7. The number of ether oxygens (including phenoxy) is 4. The summed E-state index contributed by atoms with van der Waals surface area (Å²) in [6, 6.07) is 15.5. The highest BCUT2D eigenvalue weighted by atomic mass is 32.2. The molecule has 0 aliphatic heterocycles. The van der Waals surface area contributed by atoms with Gasteiger partial charge in [-0.15, -0.1) is 0 Å². The van der Waals surface area contributed by atoms with Crippen molar-refractivity contribution in [2.45, 2.75) is 11.9 Å². The third kappa shape index (κ3) is 11.2. The smallest absolute Gasteiger partial charge is 0.273 e. The first-order valence-corrected chi connectivity index (χ1v) is 14.8. The van der Waals surface area contributed by atoms with Crippen LogP contribution < -0.4 is 20.2 Å². The van der Waals surface area contributed by atoms with Crippen LogP contribution in [0, 0.1) is 5.82 Å². The van der Waals surface area contributed by atoms with Crippen LogP contribution in [0.3, 0.4) is 0 Å². The van der Waals surface area contributed by atoms with Gasteiger partial charge in [0.25, 0.3) is 11.8 Å². The monoisotopic (exact) mass is 629 g/mol. The minimum atomic E-state index is -0.823. The van der Waals surface area contributed by atoms with Gasteiger partial charge in [-0.2, -0.15) is 16.9 Å². The van der Waals surface area contributed by atoms with Gasteiger partial charge in [-0.1, -0.05) is 24.3 Å². The van der Waals surface area contributed by atoms with Crippen LogP contribution >= 0.6 is 11.8 Å². The van der Waals surface area contributed by atoms with Crippen LogP contribution in [0.5, 0.6) is 11.5 Å². The molecule has 3 aromatic carbocycles. The fourth-order valence-electron chi connectivity index (χ4n) is 3.72. The van der Waals surface area contributed by atoms with Gasteiger partial charge >= 0.3 is 0 Å². The Morgan fingerprint density at radius 3 is 2.34 bits per heavy atom. The van der Waals surface area contributed by atoms with Gasteiger partial charge in [-0.3, -0.25) is 9.59 Å². The van der Waals surface area contributed by atoms with Gasteiger partial charge in [0, 0.05) is 37.4 Å². The molecule has 0 saturated heterocycles. The number of hydrogen-bond donors (Lipinski definition) is 4. The Morgan fingerprint density at radius 1 is 0.955 bits per heavy atom. The summed E-state index contributed by atoms with van der Waals surface area (Å²) in [6.45, 7) is 0.592. The Kier molecular flexibility index (Phi) is 14.6. The van der Waals surface area contributed by atoms with E-state index in [0.29, 0.717) is 22.6 Å². The van der Waals surface area contributed by atoms with Crippen molar-refractivity contribution < 1.29 is 43.1 Å². The van der Waals surface area contributed by atoms with E-state index in [-0.39, 0.29) is 55.8 Å². The minimum Gasteiger partial charge on any atom is -0.487 e. The number of hydrogen-bond acceptors (Lipinski definition) is 10. The van der Waals surface area contributed by atoms with Gasteiger partial charge in [0.1, 0.15) is 19.0 Å². The van der Waals surface area contributed by atoms with Crippen molar-refractivity contribution in [1.29, 1.82) is 0 Å². The predicted molar refractivity (Wildman–Crippen MR) is 166 cm³/mol. The Balaban J connectivity index is 1.90. The van der Waals surface area contributed by atoms with E-state index in [1.165, 1.54) is 62.5 Å². The van der Waals surface area contributed by atoms with E-state index in [1.54, 1.807) is 24.3 Å². The topological polar surface area (TPSA) is 148 Å². The quantitative estimate of drug-likeness (QED) is 0.0943. The molecule has 11 nitrogen and oxygen atoms in total. The maximum atomic E-state index is 13.5. The molecule has 44 heavy (non-hydrogen) atoms. The number of halogens is 1. The summed E-state index contributed by atoms with van der Waals surface area (Å²) in [5.74, 6) is -0.239. The van der Waals surface area contributed by atoms with Crippen LogP contribution in [0.2, 0.25) is 0 Å². The molecule has 3 aromatic rings. The van der Waals surface area contributed by atoms with E-state index in [4.69, 9.17) is 24.1 Å². The zero-order valence-corrected chi connectivity index (χ0v) is 25.3. The fraction of sp³-hybridized carbons (Fsp3) is 0.323. The second-order valence-electron chi connectivity index (χ2n) is 9.29. The molecule has 0 aromatic heterocycles. The number of amides is 2. The molecule has 0 aliphatic carbocycles. The van der Waals surface area contributed by atoms with Crippen molar-refractivity contribution >= 4 is 35.5 Å². The van der Waals surface area contributed by atoms with Crippen LogP contribution in [0.1, 0.15) is 31.8 Å². The number of aliphatic hydroxyl groups is 2. The van der Waals surface area contributed by atoms with Crippen LogP contribution in [0.15, 0.2) is 65.8 Å². The van der Waals surface area contributed by atoms with Crippen molar-refractivity contribution in [3.63, 3.8) is 0 Å². The SMILES string of the molecule is COCCOc1cc(NC(=O)c2cccc(CSCC(O)CO)c2)c(C(=O)N/N=C/c2cccc(F)c2)cc1OCCOC. The first-order chi connectivity index (χ1) is 21.3. The third-order valence-corrected chi connectivity index (χ3v) is 7.03. The lowest BCUT2D eigenvalue weighted by Gasteiger charge is -2.17. The Bertz CT molecular complexity index is 1410. The molecule has 0 heterocycles. The summed E-state index contributed by atoms with van der Waals surface area (Å²) >= 11 is 1.42. The summed E-state index contributed by atoms with van der Waals surface area (Å²) in [6.07, 6.45) is 0.469. The second-order valence-corrected chi connectivity index (χ2v) is 10.3. The van der Waals surface area contributed by atoms with Gasteiger partial charge in [-0.25, -0.2) is 9.82 Å². The number of thioether (sulfide) groups is 1. The molecule has 0 saturated carbocycles.